The zero-order valence-electron chi connectivity index (χ0n) is 7.73. The largest absolute Gasteiger partial charge is 0.446 e. The van der Waals surface area contributed by atoms with Crippen molar-refractivity contribution in [2.24, 2.45) is 0 Å². The van der Waals surface area contributed by atoms with Gasteiger partial charge in [-0.2, -0.15) is 8.78 Å². The number of rotatable bonds is 3. The van der Waals surface area contributed by atoms with Crippen molar-refractivity contribution in [3.8, 4) is 0 Å². The second-order valence-electron chi connectivity index (χ2n) is 2.83. The fraction of sp³-hybridized carbons (Fsp3) is 0.625. The minimum Gasteiger partial charge on any atom is -0.446 e. The van der Waals surface area contributed by atoms with E-state index in [0.29, 0.717) is 24.3 Å². The van der Waals surface area contributed by atoms with E-state index >= 15 is 0 Å². The molecule has 0 aromatic carbocycles. The van der Waals surface area contributed by atoms with Crippen molar-refractivity contribution in [1.29, 1.82) is 0 Å². The number of halogens is 2. The van der Waals surface area contributed by atoms with Crippen LogP contribution >= 0.6 is 0 Å². The van der Waals surface area contributed by atoms with Crippen LogP contribution in [0.15, 0.2) is 4.42 Å². The number of nitrogens with zero attached hydrogens (tertiary/aromatic N) is 1. The lowest BCUT2D eigenvalue weighted by Crippen LogP contribution is -2.15. The number of aromatic nitrogens is 1. The third kappa shape index (κ3) is 3.10. The van der Waals surface area contributed by atoms with Crippen molar-refractivity contribution in [3.05, 3.63) is 17.3 Å². The third-order valence-corrected chi connectivity index (χ3v) is 1.46. The molecule has 0 aliphatic carbocycles. The highest BCUT2D eigenvalue weighted by Gasteiger charge is 2.22. The van der Waals surface area contributed by atoms with Crippen LogP contribution in [-0.4, -0.2) is 11.1 Å². The van der Waals surface area contributed by atoms with Gasteiger partial charge in [0.1, 0.15) is 11.5 Å². The first-order valence-electron chi connectivity index (χ1n) is 3.83. The summed E-state index contributed by atoms with van der Waals surface area (Å²) in [6, 6.07) is 0. The summed E-state index contributed by atoms with van der Waals surface area (Å²) >= 11 is 0. The Bertz CT molecular complexity index is 291. The van der Waals surface area contributed by atoms with Crippen molar-refractivity contribution < 1.29 is 17.9 Å². The molecule has 0 radical (unpaired) electrons. The number of aryl methyl sites for hydroxylation is 2. The summed E-state index contributed by atoms with van der Waals surface area (Å²) in [7, 11) is 0. The quantitative estimate of drug-likeness (QED) is 0.735. The summed E-state index contributed by atoms with van der Waals surface area (Å²) in [6.45, 7) is 3.77. The molecule has 3 nitrogen and oxygen atoms in total. The van der Waals surface area contributed by atoms with Gasteiger partial charge in [0.05, 0.1) is 6.61 Å². The zero-order chi connectivity index (χ0) is 10.1. The van der Waals surface area contributed by atoms with Gasteiger partial charge in [-0.05, 0) is 6.92 Å². The number of hydrogen-bond donors (Lipinski definition) is 0. The van der Waals surface area contributed by atoms with Gasteiger partial charge >= 0.3 is 6.11 Å². The molecule has 13 heavy (non-hydrogen) atoms. The van der Waals surface area contributed by atoms with Gasteiger partial charge in [0, 0.05) is 13.8 Å². The molecule has 0 fully saturated rings. The molecule has 0 atom stereocenters. The highest BCUT2D eigenvalue weighted by molar-refractivity contribution is 5.06. The Morgan fingerprint density at radius 3 is 2.46 bits per heavy atom. The van der Waals surface area contributed by atoms with E-state index in [1.54, 1.807) is 13.8 Å². The van der Waals surface area contributed by atoms with Gasteiger partial charge in [0.2, 0.25) is 0 Å². The van der Waals surface area contributed by atoms with Crippen LogP contribution in [0.5, 0.6) is 0 Å². The van der Waals surface area contributed by atoms with Gasteiger partial charge in [0.15, 0.2) is 5.89 Å². The molecule has 0 saturated heterocycles. The van der Waals surface area contributed by atoms with Crippen LogP contribution < -0.4 is 0 Å². The number of alkyl halides is 2. The van der Waals surface area contributed by atoms with Crippen LogP contribution in [0.3, 0.4) is 0 Å². The summed E-state index contributed by atoms with van der Waals surface area (Å²) in [5.74, 6) is 0.970. The Morgan fingerprint density at radius 2 is 2.08 bits per heavy atom. The second-order valence-corrected chi connectivity index (χ2v) is 2.83. The van der Waals surface area contributed by atoms with Gasteiger partial charge in [-0.25, -0.2) is 4.98 Å². The average Bonchev–Trinajstić information content (AvgIpc) is 2.24. The summed E-state index contributed by atoms with van der Waals surface area (Å²) in [6.07, 6.45) is -3.13. The van der Waals surface area contributed by atoms with E-state index in [1.807, 2.05) is 0 Å². The maximum atomic E-state index is 12.3. The maximum Gasteiger partial charge on any atom is 0.353 e. The Hall–Kier alpha value is -0.970. The monoisotopic (exact) mass is 191 g/mol. The maximum absolute atomic E-state index is 12.3. The molecule has 1 aromatic rings. The highest BCUT2D eigenvalue weighted by Crippen LogP contribution is 2.17. The number of ether oxygens (including phenoxy) is 1. The number of hydrogen-bond acceptors (Lipinski definition) is 3. The molecule has 0 saturated carbocycles. The fourth-order valence-electron chi connectivity index (χ4n) is 0.901. The summed E-state index contributed by atoms with van der Waals surface area (Å²) < 4.78 is 33.8. The molecule has 0 bridgehead atoms. The predicted molar refractivity (Wildman–Crippen MR) is 41.4 cm³/mol. The standard InChI is InChI=1S/C8H11F2NO2/c1-5-7(11-6(2)13-5)4-12-8(3,9)10/h4H2,1-3H3. The topological polar surface area (TPSA) is 35.3 Å². The Kier molecular flexibility index (Phi) is 2.66. The predicted octanol–water partition coefficient (Wildman–Crippen LogP) is 2.42. The molecule has 0 N–H and O–H groups in total. The molecule has 0 spiro atoms. The fourth-order valence-corrected chi connectivity index (χ4v) is 0.901. The average molecular weight is 191 g/mol. The van der Waals surface area contributed by atoms with E-state index in [-0.39, 0.29) is 6.61 Å². The molecule has 74 valence electrons. The van der Waals surface area contributed by atoms with Crippen LogP contribution in [0.25, 0.3) is 0 Å². The van der Waals surface area contributed by atoms with E-state index in [4.69, 9.17) is 4.42 Å². The van der Waals surface area contributed by atoms with E-state index in [2.05, 4.69) is 9.72 Å². The van der Waals surface area contributed by atoms with Crippen LogP contribution in [0.4, 0.5) is 8.78 Å². The molecular weight excluding hydrogens is 180 g/mol. The highest BCUT2D eigenvalue weighted by atomic mass is 19.3. The Balaban J connectivity index is 2.59. The Labute approximate surface area is 74.7 Å². The molecule has 1 aromatic heterocycles. The first-order valence-corrected chi connectivity index (χ1v) is 3.83. The van der Waals surface area contributed by atoms with Crippen LogP contribution in [0, 0.1) is 13.8 Å². The zero-order valence-corrected chi connectivity index (χ0v) is 7.73. The molecule has 0 aliphatic heterocycles. The first kappa shape index (κ1) is 10.1. The third-order valence-electron chi connectivity index (χ3n) is 1.46. The smallest absolute Gasteiger partial charge is 0.353 e. The van der Waals surface area contributed by atoms with Crippen molar-refractivity contribution >= 4 is 0 Å². The normalized spacial score (nSPS) is 12.1. The summed E-state index contributed by atoms with van der Waals surface area (Å²) in [5.41, 5.74) is 0.416. The van der Waals surface area contributed by atoms with Crippen LogP contribution in [0.2, 0.25) is 0 Å². The molecule has 5 heteroatoms. The van der Waals surface area contributed by atoms with Gasteiger partial charge in [0.25, 0.3) is 0 Å². The lowest BCUT2D eigenvalue weighted by molar-refractivity contribution is -0.231. The van der Waals surface area contributed by atoms with Crippen molar-refractivity contribution in [2.75, 3.05) is 0 Å². The van der Waals surface area contributed by atoms with Gasteiger partial charge in [-0.15, -0.1) is 0 Å². The lowest BCUT2D eigenvalue weighted by atomic mass is 10.4. The first-order chi connectivity index (χ1) is 5.88. The molecule has 1 rings (SSSR count). The van der Waals surface area contributed by atoms with Gasteiger partial charge in [-0.3, -0.25) is 0 Å². The van der Waals surface area contributed by atoms with Crippen molar-refractivity contribution in [2.45, 2.75) is 33.5 Å². The van der Waals surface area contributed by atoms with Crippen molar-refractivity contribution in [3.63, 3.8) is 0 Å². The molecule has 0 unspecified atom stereocenters. The lowest BCUT2D eigenvalue weighted by Gasteiger charge is -2.09. The Morgan fingerprint density at radius 1 is 1.46 bits per heavy atom. The van der Waals surface area contributed by atoms with Crippen LogP contribution in [-0.2, 0) is 11.3 Å². The molecular formula is C8H11F2NO2. The van der Waals surface area contributed by atoms with E-state index in [9.17, 15) is 8.78 Å². The summed E-state index contributed by atoms with van der Waals surface area (Å²) in [5, 5.41) is 0. The van der Waals surface area contributed by atoms with Crippen LogP contribution in [0.1, 0.15) is 24.3 Å². The van der Waals surface area contributed by atoms with E-state index < -0.39 is 6.11 Å². The number of oxazole rings is 1. The van der Waals surface area contributed by atoms with Gasteiger partial charge in [-0.1, -0.05) is 0 Å². The second kappa shape index (κ2) is 3.41. The minimum atomic E-state index is -3.13. The van der Waals surface area contributed by atoms with Crippen molar-refractivity contribution in [1.82, 2.24) is 4.98 Å². The minimum absolute atomic E-state index is 0.229. The molecule has 0 amide bonds. The van der Waals surface area contributed by atoms with Gasteiger partial charge < -0.3 is 9.15 Å². The summed E-state index contributed by atoms with van der Waals surface area (Å²) in [4.78, 5) is 3.89. The molecule has 1 heterocycles. The SMILES string of the molecule is Cc1nc(COC(C)(F)F)c(C)o1. The van der Waals surface area contributed by atoms with E-state index in [0.717, 1.165) is 0 Å². The molecule has 0 aliphatic rings. The van der Waals surface area contributed by atoms with E-state index in [1.165, 1.54) is 0 Å².